The van der Waals surface area contributed by atoms with Gasteiger partial charge in [0.25, 0.3) is 0 Å². The van der Waals surface area contributed by atoms with Gasteiger partial charge in [0.2, 0.25) is 5.91 Å². The van der Waals surface area contributed by atoms with Crippen LogP contribution in [0.5, 0.6) is 0 Å². The summed E-state index contributed by atoms with van der Waals surface area (Å²) in [6.45, 7) is 9.09. The average Bonchev–Trinajstić information content (AvgIpc) is 2.66. The third-order valence-corrected chi connectivity index (χ3v) is 4.50. The second-order valence-electron chi connectivity index (χ2n) is 6.17. The standard InChI is InChI=1S/C19H29N3O3/c1-3-20(16-17-8-6-5-7-9-17)11-10-18(23)21-12-14-22(15-13-21)19(24)25-4-2/h5-9H,3-4,10-16H2,1-2H3. The number of piperazine rings is 1. The maximum Gasteiger partial charge on any atom is 0.409 e. The molecule has 0 spiro atoms. The van der Waals surface area contributed by atoms with Crippen LogP contribution < -0.4 is 0 Å². The van der Waals surface area contributed by atoms with Crippen molar-refractivity contribution in [1.82, 2.24) is 14.7 Å². The van der Waals surface area contributed by atoms with Gasteiger partial charge in [-0.3, -0.25) is 9.69 Å². The lowest BCUT2D eigenvalue weighted by atomic mass is 10.2. The molecule has 25 heavy (non-hydrogen) atoms. The van der Waals surface area contributed by atoms with Crippen LogP contribution >= 0.6 is 0 Å². The number of carbonyl (C=O) groups is 2. The molecule has 0 bridgehead atoms. The van der Waals surface area contributed by atoms with Crippen molar-refractivity contribution < 1.29 is 14.3 Å². The Labute approximate surface area is 150 Å². The minimum atomic E-state index is -0.283. The molecule has 0 saturated carbocycles. The van der Waals surface area contributed by atoms with E-state index >= 15 is 0 Å². The van der Waals surface area contributed by atoms with E-state index in [1.54, 1.807) is 11.8 Å². The molecule has 0 unspecified atom stereocenters. The van der Waals surface area contributed by atoms with E-state index in [-0.39, 0.29) is 12.0 Å². The van der Waals surface area contributed by atoms with Crippen molar-refractivity contribution in [3.8, 4) is 0 Å². The zero-order valence-electron chi connectivity index (χ0n) is 15.3. The molecule has 1 fully saturated rings. The fraction of sp³-hybridized carbons (Fsp3) is 0.579. The molecular formula is C19H29N3O3. The summed E-state index contributed by atoms with van der Waals surface area (Å²) >= 11 is 0. The summed E-state index contributed by atoms with van der Waals surface area (Å²) < 4.78 is 5.00. The van der Waals surface area contributed by atoms with Gasteiger partial charge < -0.3 is 14.5 Å². The molecule has 0 N–H and O–H groups in total. The second kappa shape index (κ2) is 10.0. The molecule has 138 valence electrons. The van der Waals surface area contributed by atoms with Crippen LogP contribution in [0, 0.1) is 0 Å². The summed E-state index contributed by atoms with van der Waals surface area (Å²) in [6, 6.07) is 10.3. The van der Waals surface area contributed by atoms with Gasteiger partial charge in [-0.05, 0) is 19.0 Å². The van der Waals surface area contributed by atoms with Gasteiger partial charge in [-0.1, -0.05) is 37.3 Å². The minimum absolute atomic E-state index is 0.162. The summed E-state index contributed by atoms with van der Waals surface area (Å²) in [4.78, 5) is 29.9. The molecule has 0 atom stereocenters. The number of benzene rings is 1. The third-order valence-electron chi connectivity index (χ3n) is 4.50. The first kappa shape index (κ1) is 19.2. The predicted molar refractivity (Wildman–Crippen MR) is 97.2 cm³/mol. The summed E-state index contributed by atoms with van der Waals surface area (Å²) in [7, 11) is 0. The van der Waals surface area contributed by atoms with Gasteiger partial charge in [0.1, 0.15) is 0 Å². The van der Waals surface area contributed by atoms with Gasteiger partial charge in [-0.15, -0.1) is 0 Å². The van der Waals surface area contributed by atoms with E-state index in [0.717, 1.165) is 19.6 Å². The van der Waals surface area contributed by atoms with E-state index in [0.29, 0.717) is 39.2 Å². The van der Waals surface area contributed by atoms with Crippen LogP contribution in [-0.2, 0) is 16.1 Å². The first-order valence-corrected chi connectivity index (χ1v) is 9.09. The molecule has 6 heteroatoms. The van der Waals surface area contributed by atoms with E-state index in [4.69, 9.17) is 4.74 Å². The van der Waals surface area contributed by atoms with E-state index in [9.17, 15) is 9.59 Å². The Hall–Kier alpha value is -2.08. The normalized spacial score (nSPS) is 14.7. The highest BCUT2D eigenvalue weighted by Crippen LogP contribution is 2.08. The van der Waals surface area contributed by atoms with Crippen molar-refractivity contribution in [1.29, 1.82) is 0 Å². The molecule has 1 aromatic carbocycles. The molecule has 0 radical (unpaired) electrons. The molecule has 2 rings (SSSR count). The lowest BCUT2D eigenvalue weighted by Crippen LogP contribution is -2.51. The van der Waals surface area contributed by atoms with Gasteiger partial charge >= 0.3 is 6.09 Å². The van der Waals surface area contributed by atoms with Crippen LogP contribution in [0.4, 0.5) is 4.79 Å². The van der Waals surface area contributed by atoms with Crippen molar-refractivity contribution in [3.63, 3.8) is 0 Å². The largest absolute Gasteiger partial charge is 0.450 e. The summed E-state index contributed by atoms with van der Waals surface area (Å²) in [5.74, 6) is 0.162. The van der Waals surface area contributed by atoms with Gasteiger partial charge in [-0.2, -0.15) is 0 Å². The monoisotopic (exact) mass is 347 g/mol. The SMILES string of the molecule is CCOC(=O)N1CCN(C(=O)CCN(CC)Cc2ccccc2)CC1. The van der Waals surface area contributed by atoms with Crippen molar-refractivity contribution in [2.75, 3.05) is 45.9 Å². The Kier molecular flexibility index (Phi) is 7.73. The number of nitrogens with zero attached hydrogens (tertiary/aromatic N) is 3. The van der Waals surface area contributed by atoms with Crippen molar-refractivity contribution in [2.45, 2.75) is 26.8 Å². The smallest absolute Gasteiger partial charge is 0.409 e. The Morgan fingerprint density at radius 3 is 2.28 bits per heavy atom. The summed E-state index contributed by atoms with van der Waals surface area (Å²) in [5.41, 5.74) is 1.26. The average molecular weight is 347 g/mol. The molecule has 2 amide bonds. The number of amides is 2. The molecule has 0 aromatic heterocycles. The van der Waals surface area contributed by atoms with Gasteiger partial charge in [-0.25, -0.2) is 4.79 Å². The maximum absolute atomic E-state index is 12.4. The fourth-order valence-corrected chi connectivity index (χ4v) is 2.96. The Bertz CT molecular complexity index is 542. The molecule has 0 aliphatic carbocycles. The Balaban J connectivity index is 1.73. The predicted octanol–water partition coefficient (Wildman–Crippen LogP) is 2.20. The van der Waals surface area contributed by atoms with Gasteiger partial charge in [0.15, 0.2) is 0 Å². The first-order chi connectivity index (χ1) is 12.1. The number of hydrogen-bond acceptors (Lipinski definition) is 4. The van der Waals surface area contributed by atoms with Crippen molar-refractivity contribution >= 4 is 12.0 Å². The minimum Gasteiger partial charge on any atom is -0.450 e. The third kappa shape index (κ3) is 6.05. The lowest BCUT2D eigenvalue weighted by molar-refractivity contribution is -0.133. The molecule has 6 nitrogen and oxygen atoms in total. The Morgan fingerprint density at radius 1 is 1.04 bits per heavy atom. The van der Waals surface area contributed by atoms with E-state index in [2.05, 4.69) is 24.0 Å². The summed E-state index contributed by atoms with van der Waals surface area (Å²) in [6.07, 6.45) is 0.231. The molecular weight excluding hydrogens is 318 g/mol. The lowest BCUT2D eigenvalue weighted by Gasteiger charge is -2.34. The highest BCUT2D eigenvalue weighted by molar-refractivity contribution is 5.77. The van der Waals surface area contributed by atoms with Gasteiger partial charge in [0.05, 0.1) is 6.61 Å². The number of rotatable bonds is 7. The van der Waals surface area contributed by atoms with Crippen LogP contribution in [-0.4, -0.2) is 72.6 Å². The number of hydrogen-bond donors (Lipinski definition) is 0. The highest BCUT2D eigenvalue weighted by atomic mass is 16.6. The molecule has 1 aliphatic rings. The number of carbonyl (C=O) groups excluding carboxylic acids is 2. The Morgan fingerprint density at radius 2 is 1.68 bits per heavy atom. The second-order valence-corrected chi connectivity index (χ2v) is 6.17. The first-order valence-electron chi connectivity index (χ1n) is 9.09. The van der Waals surface area contributed by atoms with Crippen molar-refractivity contribution in [3.05, 3.63) is 35.9 Å². The fourth-order valence-electron chi connectivity index (χ4n) is 2.96. The zero-order chi connectivity index (χ0) is 18.1. The molecule has 1 heterocycles. The van der Waals surface area contributed by atoms with Crippen LogP contribution in [0.3, 0.4) is 0 Å². The van der Waals surface area contributed by atoms with E-state index in [1.165, 1.54) is 5.56 Å². The summed E-state index contributed by atoms with van der Waals surface area (Å²) in [5, 5.41) is 0. The van der Waals surface area contributed by atoms with Crippen LogP contribution in [0.2, 0.25) is 0 Å². The molecule has 1 saturated heterocycles. The van der Waals surface area contributed by atoms with Crippen LogP contribution in [0.15, 0.2) is 30.3 Å². The van der Waals surface area contributed by atoms with E-state index in [1.807, 2.05) is 23.1 Å². The van der Waals surface area contributed by atoms with Crippen LogP contribution in [0.25, 0.3) is 0 Å². The molecule has 1 aliphatic heterocycles. The molecule has 1 aromatic rings. The van der Waals surface area contributed by atoms with Gasteiger partial charge in [0, 0.05) is 45.7 Å². The van der Waals surface area contributed by atoms with Crippen molar-refractivity contribution in [2.24, 2.45) is 0 Å². The van der Waals surface area contributed by atoms with Crippen LogP contribution in [0.1, 0.15) is 25.8 Å². The van der Waals surface area contributed by atoms with E-state index < -0.39 is 0 Å². The maximum atomic E-state index is 12.4. The quantitative estimate of drug-likeness (QED) is 0.759. The number of ether oxygens (including phenoxy) is 1. The topological polar surface area (TPSA) is 53.1 Å². The zero-order valence-corrected chi connectivity index (χ0v) is 15.3. The highest BCUT2D eigenvalue weighted by Gasteiger charge is 2.24.